The topological polar surface area (TPSA) is 170 Å². The molecule has 1 spiro atoms. The standard InChI is InChI=1S/C42H43N5O8S/c1-17-7-8-24-22(9-17)23-12-25(40(49)50)45-42(39(23)44-24)15-56-38-29-19(3)20(4)36-37(55-16-54-36)31(29)28(14-53-41(42)51)47-27(13-43)26-11-21-10-18(2)35(52-6)34(48)30(21)32(33(38)47)46(26)5/h7-10,25-28,32-33,38,44-45,48H,11-12,14-16H2,1-6H3,(H,49,50)/t25-,26+,27+,28+,32-,33-,38-,42-/m1/s1. The number of phenolic OH excluding ortho intramolecular Hbond substituents is 1. The molecule has 4 bridgehead atoms. The van der Waals surface area contributed by atoms with Crippen molar-refractivity contribution in [3.63, 3.8) is 0 Å². The summed E-state index contributed by atoms with van der Waals surface area (Å²) in [6.07, 6.45) is 0.715. The summed E-state index contributed by atoms with van der Waals surface area (Å²) in [5.74, 6) is 0.209. The molecule has 14 heteroatoms. The molecule has 2 fully saturated rings. The van der Waals surface area contributed by atoms with E-state index in [2.05, 4.69) is 39.2 Å². The molecule has 0 saturated carbocycles. The van der Waals surface area contributed by atoms with E-state index in [1.807, 2.05) is 46.0 Å². The Labute approximate surface area is 327 Å². The molecule has 13 nitrogen and oxygen atoms in total. The van der Waals surface area contributed by atoms with Crippen LogP contribution in [-0.2, 0) is 32.7 Å². The second-order valence-corrected chi connectivity index (χ2v) is 17.3. The van der Waals surface area contributed by atoms with Gasteiger partial charge in [-0.1, -0.05) is 17.7 Å². The number of ether oxygens (including phenoxy) is 4. The van der Waals surface area contributed by atoms with Crippen molar-refractivity contribution in [3.05, 3.63) is 80.0 Å². The largest absolute Gasteiger partial charge is 0.504 e. The molecule has 7 aliphatic heterocycles. The van der Waals surface area contributed by atoms with Gasteiger partial charge in [0.2, 0.25) is 6.79 Å². The van der Waals surface area contributed by atoms with Gasteiger partial charge < -0.3 is 34.1 Å². The van der Waals surface area contributed by atoms with Gasteiger partial charge in [-0.05, 0) is 86.7 Å². The minimum atomic E-state index is -1.55. The number of aliphatic carboxylic acids is 1. The van der Waals surface area contributed by atoms with Crippen LogP contribution in [0.15, 0.2) is 24.3 Å². The van der Waals surface area contributed by atoms with E-state index in [0.717, 1.165) is 61.0 Å². The first-order chi connectivity index (χ1) is 26.9. The Bertz CT molecular complexity index is 2460. The Morgan fingerprint density at radius 3 is 2.61 bits per heavy atom. The number of methoxy groups -OCH3 is 1. The molecule has 0 unspecified atom stereocenters. The minimum absolute atomic E-state index is 0.0438. The van der Waals surface area contributed by atoms with E-state index in [-0.39, 0.29) is 37.4 Å². The van der Waals surface area contributed by atoms with Crippen LogP contribution < -0.4 is 19.5 Å². The molecule has 0 amide bonds. The van der Waals surface area contributed by atoms with Gasteiger partial charge in [0.05, 0.1) is 31.0 Å². The number of fused-ring (bicyclic) bond motifs is 11. The van der Waals surface area contributed by atoms with Crippen molar-refractivity contribution in [2.45, 2.75) is 87.6 Å². The molecule has 4 N–H and O–H groups in total. The number of aryl methyl sites for hydroxylation is 2. The molecule has 3 aromatic carbocycles. The number of nitriles is 1. The fourth-order valence-corrected chi connectivity index (χ4v) is 12.7. The predicted molar refractivity (Wildman–Crippen MR) is 206 cm³/mol. The molecule has 8 heterocycles. The predicted octanol–water partition coefficient (Wildman–Crippen LogP) is 4.90. The Morgan fingerprint density at radius 2 is 1.86 bits per heavy atom. The van der Waals surface area contributed by atoms with Crippen LogP contribution in [0.5, 0.6) is 23.0 Å². The lowest BCUT2D eigenvalue weighted by Gasteiger charge is -2.62. The lowest BCUT2D eigenvalue weighted by molar-refractivity contribution is -0.158. The summed E-state index contributed by atoms with van der Waals surface area (Å²) in [6, 6.07) is 7.37. The Morgan fingerprint density at radius 1 is 1.07 bits per heavy atom. The number of rotatable bonds is 2. The van der Waals surface area contributed by atoms with Crippen LogP contribution in [0, 0.1) is 39.0 Å². The maximum atomic E-state index is 15.0. The number of piperazine rings is 1. The number of carboxylic acid groups (broad SMARTS) is 1. The molecule has 1 aromatic heterocycles. The van der Waals surface area contributed by atoms with Gasteiger partial charge in [0.25, 0.3) is 0 Å². The SMILES string of the molecule is COc1c(C)cc2c(c1O)[C@@H]1[C@@H]3[C@@H]4SC[C@]5(N[C@@H](C(=O)O)Cc6c5[nH]c5ccc(C)cc65)C(=O)OC[C@@H](c5c6c(c(C)c(C)c54)OCO6)N3[C@@H](C#N)[C@H](C2)N1C. The summed E-state index contributed by atoms with van der Waals surface area (Å²) in [7, 11) is 3.59. The average Bonchev–Trinajstić information content (AvgIpc) is 3.81. The normalized spacial score (nSPS) is 30.2. The van der Waals surface area contributed by atoms with Gasteiger partial charge in [-0.2, -0.15) is 5.26 Å². The molecular weight excluding hydrogens is 735 g/mol. The molecule has 7 aliphatic rings. The van der Waals surface area contributed by atoms with Crippen molar-refractivity contribution in [2.75, 3.05) is 33.3 Å². The number of benzene rings is 3. The minimum Gasteiger partial charge on any atom is -0.504 e. The van der Waals surface area contributed by atoms with Gasteiger partial charge in [0, 0.05) is 51.5 Å². The van der Waals surface area contributed by atoms with E-state index in [0.29, 0.717) is 29.4 Å². The molecule has 290 valence electrons. The molecule has 2 saturated heterocycles. The smallest absolute Gasteiger partial charge is 0.333 e. The van der Waals surface area contributed by atoms with Crippen molar-refractivity contribution in [2.24, 2.45) is 0 Å². The first-order valence-electron chi connectivity index (χ1n) is 19.0. The van der Waals surface area contributed by atoms with Crippen molar-refractivity contribution in [1.82, 2.24) is 20.1 Å². The highest BCUT2D eigenvalue weighted by Gasteiger charge is 2.62. The summed E-state index contributed by atoms with van der Waals surface area (Å²) in [5.41, 5.74) is 8.04. The quantitative estimate of drug-likeness (QED) is 0.203. The van der Waals surface area contributed by atoms with Gasteiger partial charge in [-0.25, -0.2) is 4.79 Å². The van der Waals surface area contributed by atoms with Crippen LogP contribution in [0.3, 0.4) is 0 Å². The summed E-state index contributed by atoms with van der Waals surface area (Å²) in [5, 5.41) is 37.5. The highest BCUT2D eigenvalue weighted by molar-refractivity contribution is 7.99. The summed E-state index contributed by atoms with van der Waals surface area (Å²) < 4.78 is 24.6. The molecule has 8 atom stereocenters. The number of carbonyl (C=O) groups is 2. The van der Waals surface area contributed by atoms with Crippen LogP contribution in [0.2, 0.25) is 0 Å². The molecular formula is C42H43N5O8S. The number of thioether (sulfide) groups is 1. The number of nitrogens with zero attached hydrogens (tertiary/aromatic N) is 3. The number of carbonyl (C=O) groups excluding carboxylic acids is 1. The van der Waals surface area contributed by atoms with Gasteiger partial charge in [0.15, 0.2) is 28.5 Å². The lowest BCUT2D eigenvalue weighted by atomic mass is 9.71. The summed E-state index contributed by atoms with van der Waals surface area (Å²) in [4.78, 5) is 35.9. The van der Waals surface area contributed by atoms with E-state index >= 15 is 0 Å². The maximum absolute atomic E-state index is 15.0. The molecule has 56 heavy (non-hydrogen) atoms. The number of esters is 1. The number of nitrogens with one attached hydrogen (secondary N) is 2. The number of hydrogen-bond acceptors (Lipinski definition) is 12. The second kappa shape index (κ2) is 12.3. The highest BCUT2D eigenvalue weighted by Crippen LogP contribution is 2.63. The first-order valence-corrected chi connectivity index (χ1v) is 20.1. The van der Waals surface area contributed by atoms with Crippen LogP contribution >= 0.6 is 11.8 Å². The number of aromatic hydroxyl groups is 1. The Balaban J connectivity index is 1.24. The average molecular weight is 778 g/mol. The van der Waals surface area contributed by atoms with Gasteiger partial charge >= 0.3 is 11.9 Å². The van der Waals surface area contributed by atoms with E-state index in [9.17, 15) is 25.1 Å². The summed E-state index contributed by atoms with van der Waals surface area (Å²) >= 11 is 1.54. The molecule has 4 aromatic rings. The Hall–Kier alpha value is -4.94. The number of likely N-dealkylation sites (N-methyl/N-ethyl adjacent to an activating group) is 1. The zero-order valence-electron chi connectivity index (χ0n) is 32.0. The van der Waals surface area contributed by atoms with E-state index < -0.39 is 52.9 Å². The van der Waals surface area contributed by atoms with Gasteiger partial charge in [-0.3, -0.25) is 19.9 Å². The zero-order chi connectivity index (χ0) is 39.1. The third-order valence-electron chi connectivity index (χ3n) is 13.5. The van der Waals surface area contributed by atoms with Crippen LogP contribution in [0.25, 0.3) is 10.9 Å². The van der Waals surface area contributed by atoms with E-state index in [4.69, 9.17) is 18.9 Å². The van der Waals surface area contributed by atoms with E-state index in [1.54, 1.807) is 18.9 Å². The van der Waals surface area contributed by atoms with Crippen molar-refractivity contribution in [1.29, 1.82) is 5.26 Å². The maximum Gasteiger partial charge on any atom is 0.333 e. The monoisotopic (exact) mass is 777 g/mol. The zero-order valence-corrected chi connectivity index (χ0v) is 32.8. The van der Waals surface area contributed by atoms with Crippen LogP contribution in [-0.4, -0.2) is 94.4 Å². The first kappa shape index (κ1) is 35.5. The number of hydrogen-bond donors (Lipinski definition) is 4. The second-order valence-electron chi connectivity index (χ2n) is 16.2. The fourth-order valence-electron chi connectivity index (χ4n) is 10.9. The van der Waals surface area contributed by atoms with Gasteiger partial charge in [0.1, 0.15) is 18.7 Å². The molecule has 0 radical (unpaired) electrons. The van der Waals surface area contributed by atoms with Crippen LogP contribution in [0.4, 0.5) is 0 Å². The van der Waals surface area contributed by atoms with E-state index in [1.165, 1.54) is 0 Å². The molecule has 11 rings (SSSR count). The third kappa shape index (κ3) is 4.54. The number of H-pyrrole nitrogens is 1. The summed E-state index contributed by atoms with van der Waals surface area (Å²) in [6.45, 7) is 7.92. The third-order valence-corrected chi connectivity index (χ3v) is 15.0. The Kier molecular flexibility index (Phi) is 7.78. The molecule has 0 aliphatic carbocycles. The van der Waals surface area contributed by atoms with Gasteiger partial charge in [-0.15, -0.1) is 11.8 Å². The van der Waals surface area contributed by atoms with Crippen molar-refractivity contribution in [3.8, 4) is 29.1 Å². The lowest BCUT2D eigenvalue weighted by Crippen LogP contribution is -2.70. The number of aromatic nitrogens is 1. The number of aromatic amines is 1. The highest BCUT2D eigenvalue weighted by atomic mass is 32.2. The number of phenols is 1. The van der Waals surface area contributed by atoms with Crippen LogP contribution in [0.1, 0.15) is 73.1 Å². The number of carboxylic acids is 1. The van der Waals surface area contributed by atoms with Crippen molar-refractivity contribution >= 4 is 34.6 Å². The van der Waals surface area contributed by atoms with Crippen molar-refractivity contribution < 1.29 is 38.7 Å². The fraction of sp³-hybridized carbons (Fsp3) is 0.452.